The van der Waals surface area contributed by atoms with E-state index in [2.05, 4.69) is 16.6 Å². The minimum Gasteiger partial charge on any atom is -0.277 e. The molecule has 8 heavy (non-hydrogen) atoms. The molecule has 0 spiro atoms. The van der Waals surface area contributed by atoms with E-state index in [9.17, 15) is 0 Å². The molecule has 0 atom stereocenters. The van der Waals surface area contributed by atoms with Crippen LogP contribution in [0.25, 0.3) is 0 Å². The van der Waals surface area contributed by atoms with Crippen LogP contribution in [0.3, 0.4) is 0 Å². The van der Waals surface area contributed by atoms with E-state index >= 15 is 0 Å². The van der Waals surface area contributed by atoms with E-state index in [4.69, 9.17) is 0 Å². The highest BCUT2D eigenvalue weighted by molar-refractivity contribution is 5.96. The summed E-state index contributed by atoms with van der Waals surface area (Å²) in [6.07, 6.45) is 3.18. The highest BCUT2D eigenvalue weighted by Crippen LogP contribution is 1.73. The SMILES string of the molecule is C=C/C(C)=N\C=N/C. The Kier molecular flexibility index (Phi) is 3.76. The lowest BCUT2D eigenvalue weighted by atomic mass is 10.4. The molecule has 0 unspecified atom stereocenters. The third kappa shape index (κ3) is 3.28. The number of rotatable bonds is 2. The van der Waals surface area contributed by atoms with Crippen LogP contribution in [0.1, 0.15) is 6.92 Å². The molecular weight excluding hydrogens is 100 g/mol. The number of nitrogens with zero attached hydrogens (tertiary/aromatic N) is 2. The van der Waals surface area contributed by atoms with Crippen molar-refractivity contribution in [2.75, 3.05) is 7.05 Å². The van der Waals surface area contributed by atoms with Gasteiger partial charge >= 0.3 is 0 Å². The molecule has 0 saturated heterocycles. The van der Waals surface area contributed by atoms with Gasteiger partial charge in [0.15, 0.2) is 0 Å². The van der Waals surface area contributed by atoms with E-state index in [1.807, 2.05) is 6.92 Å². The van der Waals surface area contributed by atoms with Gasteiger partial charge in [0.1, 0.15) is 6.34 Å². The Morgan fingerprint density at radius 1 is 1.62 bits per heavy atom. The molecule has 0 aromatic heterocycles. The van der Waals surface area contributed by atoms with Crippen molar-refractivity contribution >= 4 is 12.1 Å². The maximum absolute atomic E-state index is 3.87. The predicted octanol–water partition coefficient (Wildman–Crippen LogP) is 1.29. The van der Waals surface area contributed by atoms with Crippen LogP contribution in [0, 0.1) is 0 Å². The van der Waals surface area contributed by atoms with Crippen LogP contribution in [-0.2, 0) is 0 Å². The second kappa shape index (κ2) is 4.24. The van der Waals surface area contributed by atoms with Crippen molar-refractivity contribution in [3.8, 4) is 0 Å². The number of allylic oxidation sites excluding steroid dienone is 1. The lowest BCUT2D eigenvalue weighted by molar-refractivity contribution is 1.44. The molecule has 0 bridgehead atoms. The molecule has 0 aliphatic carbocycles. The van der Waals surface area contributed by atoms with Crippen molar-refractivity contribution < 1.29 is 0 Å². The van der Waals surface area contributed by atoms with Crippen molar-refractivity contribution in [3.05, 3.63) is 12.7 Å². The third-order valence-corrected chi connectivity index (χ3v) is 0.672. The lowest BCUT2D eigenvalue weighted by Gasteiger charge is -1.80. The zero-order chi connectivity index (χ0) is 6.41. The molecule has 0 amide bonds. The Morgan fingerprint density at radius 3 is 2.62 bits per heavy atom. The molecule has 0 aromatic rings. The highest BCUT2D eigenvalue weighted by atomic mass is 14.8. The van der Waals surface area contributed by atoms with Crippen LogP contribution < -0.4 is 0 Å². The largest absolute Gasteiger partial charge is 0.277 e. The minimum atomic E-state index is 0.885. The lowest BCUT2D eigenvalue weighted by Crippen LogP contribution is -1.81. The van der Waals surface area contributed by atoms with Crippen LogP contribution in [0.5, 0.6) is 0 Å². The molecule has 0 aromatic carbocycles. The van der Waals surface area contributed by atoms with Gasteiger partial charge in [-0.15, -0.1) is 0 Å². The molecule has 0 saturated carbocycles. The Bertz CT molecular complexity index is 122. The highest BCUT2D eigenvalue weighted by Gasteiger charge is 1.72. The van der Waals surface area contributed by atoms with Gasteiger partial charge in [-0.1, -0.05) is 6.58 Å². The van der Waals surface area contributed by atoms with Gasteiger partial charge < -0.3 is 0 Å². The smallest absolute Gasteiger partial charge is 0.109 e. The number of hydrogen-bond acceptors (Lipinski definition) is 1. The summed E-state index contributed by atoms with van der Waals surface area (Å²) in [4.78, 5) is 7.53. The number of aliphatic imine (C=N–C) groups is 2. The monoisotopic (exact) mass is 110 g/mol. The molecule has 0 heterocycles. The van der Waals surface area contributed by atoms with Crippen LogP contribution in [0.2, 0.25) is 0 Å². The predicted molar refractivity (Wildman–Crippen MR) is 37.7 cm³/mol. The first-order valence-electron chi connectivity index (χ1n) is 2.38. The second-order valence-electron chi connectivity index (χ2n) is 1.35. The zero-order valence-corrected chi connectivity index (χ0v) is 5.26. The standard InChI is InChI=1S/C6H10N2/c1-4-6(2)8-5-7-3/h4-5H,1H2,2-3H3/b7-5-,8-6-. The van der Waals surface area contributed by atoms with Gasteiger partial charge in [-0.2, -0.15) is 0 Å². The van der Waals surface area contributed by atoms with Crippen LogP contribution >= 0.6 is 0 Å². The van der Waals surface area contributed by atoms with Crippen molar-refractivity contribution in [1.82, 2.24) is 0 Å². The second-order valence-corrected chi connectivity index (χ2v) is 1.35. The summed E-state index contributed by atoms with van der Waals surface area (Å²) >= 11 is 0. The molecule has 0 rings (SSSR count). The molecule has 0 N–H and O–H groups in total. The molecule has 0 radical (unpaired) electrons. The fourth-order valence-electron chi connectivity index (χ4n) is 0.202. The van der Waals surface area contributed by atoms with E-state index < -0.39 is 0 Å². The van der Waals surface area contributed by atoms with Gasteiger partial charge in [-0.3, -0.25) is 4.99 Å². The van der Waals surface area contributed by atoms with E-state index in [1.54, 1.807) is 13.1 Å². The van der Waals surface area contributed by atoms with Crippen LogP contribution in [0.4, 0.5) is 0 Å². The van der Waals surface area contributed by atoms with Crippen molar-refractivity contribution in [1.29, 1.82) is 0 Å². The maximum atomic E-state index is 3.87. The average Bonchev–Trinajstić information content (AvgIpc) is 1.83. The van der Waals surface area contributed by atoms with Gasteiger partial charge in [-0.05, 0) is 13.0 Å². The Morgan fingerprint density at radius 2 is 2.25 bits per heavy atom. The van der Waals surface area contributed by atoms with Gasteiger partial charge in [0.2, 0.25) is 0 Å². The van der Waals surface area contributed by atoms with Gasteiger partial charge in [-0.25, -0.2) is 4.99 Å². The quantitative estimate of drug-likeness (QED) is 0.378. The molecule has 0 fully saturated rings. The van der Waals surface area contributed by atoms with Gasteiger partial charge in [0.25, 0.3) is 0 Å². The molecule has 2 heteroatoms. The fraction of sp³-hybridized carbons (Fsp3) is 0.333. The van der Waals surface area contributed by atoms with Crippen LogP contribution in [0.15, 0.2) is 22.6 Å². The first kappa shape index (κ1) is 7.08. The van der Waals surface area contributed by atoms with Gasteiger partial charge in [0, 0.05) is 12.8 Å². The Labute approximate surface area is 49.7 Å². The van der Waals surface area contributed by atoms with Gasteiger partial charge in [0.05, 0.1) is 0 Å². The topological polar surface area (TPSA) is 24.7 Å². The van der Waals surface area contributed by atoms with Crippen molar-refractivity contribution in [2.45, 2.75) is 6.92 Å². The molecule has 44 valence electrons. The summed E-state index contributed by atoms with van der Waals surface area (Å²) < 4.78 is 0. The normalized spacial score (nSPS) is 12.5. The first-order chi connectivity index (χ1) is 3.81. The summed E-state index contributed by atoms with van der Waals surface area (Å²) in [7, 11) is 1.68. The summed E-state index contributed by atoms with van der Waals surface area (Å²) in [5.74, 6) is 0. The van der Waals surface area contributed by atoms with Crippen molar-refractivity contribution in [2.24, 2.45) is 9.98 Å². The van der Waals surface area contributed by atoms with E-state index in [-0.39, 0.29) is 0 Å². The third-order valence-electron chi connectivity index (χ3n) is 0.672. The summed E-state index contributed by atoms with van der Waals surface area (Å²) in [6, 6.07) is 0. The van der Waals surface area contributed by atoms with E-state index in [0.29, 0.717) is 0 Å². The summed E-state index contributed by atoms with van der Waals surface area (Å²) in [6.45, 7) is 5.39. The van der Waals surface area contributed by atoms with Crippen LogP contribution in [-0.4, -0.2) is 19.1 Å². The van der Waals surface area contributed by atoms with Crippen molar-refractivity contribution in [3.63, 3.8) is 0 Å². The van der Waals surface area contributed by atoms with E-state index in [1.165, 1.54) is 6.34 Å². The first-order valence-corrected chi connectivity index (χ1v) is 2.38. The molecule has 2 nitrogen and oxygen atoms in total. The summed E-state index contributed by atoms with van der Waals surface area (Å²) in [5.41, 5.74) is 0.885. The molecular formula is C6H10N2. The summed E-state index contributed by atoms with van der Waals surface area (Å²) in [5, 5.41) is 0. The maximum Gasteiger partial charge on any atom is 0.109 e. The zero-order valence-electron chi connectivity index (χ0n) is 5.26. The minimum absolute atomic E-state index is 0.885. The number of hydrogen-bond donors (Lipinski definition) is 0. The molecule has 0 aliphatic rings. The average molecular weight is 110 g/mol. The molecule has 0 aliphatic heterocycles. The Hall–Kier alpha value is -0.920. The fourth-order valence-corrected chi connectivity index (χ4v) is 0.202. The Balaban J connectivity index is 3.74. The van der Waals surface area contributed by atoms with E-state index in [0.717, 1.165) is 5.71 Å².